The van der Waals surface area contributed by atoms with Crippen molar-refractivity contribution in [1.82, 2.24) is 19.7 Å². The van der Waals surface area contributed by atoms with Crippen molar-refractivity contribution in [2.75, 3.05) is 0 Å². The molecule has 0 saturated carbocycles. The monoisotopic (exact) mass is 404 g/mol. The first kappa shape index (κ1) is 18.2. The van der Waals surface area contributed by atoms with Crippen molar-refractivity contribution in [2.45, 2.75) is 13.0 Å². The fourth-order valence-corrected chi connectivity index (χ4v) is 3.02. The summed E-state index contributed by atoms with van der Waals surface area (Å²) in [6, 6.07) is 11.3. The molecule has 9 heteroatoms. The molecule has 142 valence electrons. The number of hydrogen-bond donors (Lipinski definition) is 0. The van der Waals surface area contributed by atoms with Crippen molar-refractivity contribution >= 4 is 11.6 Å². The predicted molar refractivity (Wildman–Crippen MR) is 96.4 cm³/mol. The van der Waals surface area contributed by atoms with Crippen molar-refractivity contribution in [2.24, 2.45) is 0 Å². The number of halogens is 4. The molecule has 0 N–H and O–H groups in total. The van der Waals surface area contributed by atoms with E-state index in [0.29, 0.717) is 23.0 Å². The first-order valence-corrected chi connectivity index (χ1v) is 8.56. The largest absolute Gasteiger partial charge is 0.415 e. The molecule has 28 heavy (non-hydrogen) atoms. The zero-order valence-corrected chi connectivity index (χ0v) is 14.9. The third-order valence-corrected chi connectivity index (χ3v) is 4.22. The molecule has 2 heterocycles. The molecule has 4 rings (SSSR count). The Morgan fingerprint density at radius 2 is 1.89 bits per heavy atom. The Balaban J connectivity index is 1.70. The highest BCUT2D eigenvalue weighted by Crippen LogP contribution is 2.28. The second-order valence-electron chi connectivity index (χ2n) is 5.98. The van der Waals surface area contributed by atoms with Gasteiger partial charge in [-0.05, 0) is 35.9 Å². The van der Waals surface area contributed by atoms with Crippen LogP contribution < -0.4 is 0 Å². The van der Waals surface area contributed by atoms with Crippen molar-refractivity contribution in [3.05, 3.63) is 77.2 Å². The standard InChI is InChI=1S/C19H12ClF3N4O/c20-14-3-1-2-11(6-14)10-27-5-4-24-17(27)12-7-13(9-15(21)8-12)18-25-26-19(28-18)16(22)23/h1-9,16H,10H2. The quantitative estimate of drug-likeness (QED) is 0.448. The molecule has 0 bridgehead atoms. The summed E-state index contributed by atoms with van der Waals surface area (Å²) >= 11 is 6.02. The Morgan fingerprint density at radius 1 is 1.07 bits per heavy atom. The van der Waals surface area contributed by atoms with Gasteiger partial charge in [-0.15, -0.1) is 10.2 Å². The van der Waals surface area contributed by atoms with Gasteiger partial charge in [-0.1, -0.05) is 23.7 Å². The second kappa shape index (κ2) is 7.47. The van der Waals surface area contributed by atoms with Gasteiger partial charge < -0.3 is 8.98 Å². The summed E-state index contributed by atoms with van der Waals surface area (Å²) in [6.07, 6.45) is 0.444. The number of nitrogens with zero attached hydrogens (tertiary/aromatic N) is 4. The van der Waals surface area contributed by atoms with Gasteiger partial charge in [0.2, 0.25) is 5.89 Å². The molecule has 0 amide bonds. The van der Waals surface area contributed by atoms with Gasteiger partial charge in [0.15, 0.2) is 0 Å². The number of alkyl halides is 2. The summed E-state index contributed by atoms with van der Waals surface area (Å²) < 4.78 is 46.3. The van der Waals surface area contributed by atoms with Crippen molar-refractivity contribution in [3.63, 3.8) is 0 Å². The number of benzene rings is 2. The normalized spacial score (nSPS) is 11.3. The molecule has 0 saturated heterocycles. The number of imidazole rings is 1. The van der Waals surface area contributed by atoms with Gasteiger partial charge in [-0.2, -0.15) is 8.78 Å². The van der Waals surface area contributed by atoms with Crippen LogP contribution in [0, 0.1) is 5.82 Å². The van der Waals surface area contributed by atoms with Crippen LogP contribution in [0.25, 0.3) is 22.8 Å². The molecule has 5 nitrogen and oxygen atoms in total. The molecule has 4 aromatic rings. The molecule has 0 aliphatic rings. The highest BCUT2D eigenvalue weighted by molar-refractivity contribution is 6.30. The highest BCUT2D eigenvalue weighted by atomic mass is 35.5. The molecular formula is C19H12ClF3N4O. The SMILES string of the molecule is Fc1cc(-c2nnc(C(F)F)o2)cc(-c2nccn2Cc2cccc(Cl)c2)c1. The summed E-state index contributed by atoms with van der Waals surface area (Å²) in [6.45, 7) is 0.470. The van der Waals surface area contributed by atoms with E-state index in [1.807, 2.05) is 22.8 Å². The van der Waals surface area contributed by atoms with Crippen LogP contribution in [-0.2, 0) is 6.54 Å². The Morgan fingerprint density at radius 3 is 2.64 bits per heavy atom. The van der Waals surface area contributed by atoms with Crippen LogP contribution in [0.1, 0.15) is 17.9 Å². The van der Waals surface area contributed by atoms with Crippen molar-refractivity contribution in [1.29, 1.82) is 0 Å². The van der Waals surface area contributed by atoms with Gasteiger partial charge in [0.05, 0.1) is 0 Å². The summed E-state index contributed by atoms with van der Waals surface area (Å²) in [5, 5.41) is 7.45. The van der Waals surface area contributed by atoms with E-state index < -0.39 is 18.1 Å². The number of hydrogen-bond acceptors (Lipinski definition) is 4. The van der Waals surface area contributed by atoms with E-state index in [4.69, 9.17) is 16.0 Å². The van der Waals surface area contributed by atoms with E-state index >= 15 is 0 Å². The summed E-state index contributed by atoms with van der Waals surface area (Å²) in [5.74, 6) is -1.09. The predicted octanol–water partition coefficient (Wildman–Crippen LogP) is 5.38. The van der Waals surface area contributed by atoms with Crippen LogP contribution in [-0.4, -0.2) is 19.7 Å². The van der Waals surface area contributed by atoms with E-state index in [2.05, 4.69) is 15.2 Å². The molecule has 0 fully saturated rings. The summed E-state index contributed by atoms with van der Waals surface area (Å²) in [4.78, 5) is 4.29. The van der Waals surface area contributed by atoms with Crippen LogP contribution in [0.15, 0.2) is 59.3 Å². The van der Waals surface area contributed by atoms with E-state index in [-0.39, 0.29) is 11.5 Å². The molecule has 0 radical (unpaired) electrons. The molecule has 0 aliphatic carbocycles. The first-order chi connectivity index (χ1) is 13.5. The maximum absolute atomic E-state index is 14.2. The summed E-state index contributed by atoms with van der Waals surface area (Å²) in [7, 11) is 0. The Labute approximate surface area is 162 Å². The van der Waals surface area contributed by atoms with E-state index in [1.54, 1.807) is 24.5 Å². The van der Waals surface area contributed by atoms with Gasteiger partial charge in [-0.3, -0.25) is 0 Å². The average Bonchev–Trinajstić information content (AvgIpc) is 3.31. The molecule has 0 atom stereocenters. The maximum atomic E-state index is 14.2. The maximum Gasteiger partial charge on any atom is 0.314 e. The smallest absolute Gasteiger partial charge is 0.314 e. The molecular weight excluding hydrogens is 393 g/mol. The van der Waals surface area contributed by atoms with Crippen molar-refractivity contribution in [3.8, 4) is 22.8 Å². The van der Waals surface area contributed by atoms with Gasteiger partial charge in [-0.25, -0.2) is 9.37 Å². The Hall–Kier alpha value is -3.13. The van der Waals surface area contributed by atoms with Gasteiger partial charge in [0.25, 0.3) is 5.89 Å². The minimum absolute atomic E-state index is 0.187. The lowest BCUT2D eigenvalue weighted by atomic mass is 10.1. The minimum atomic E-state index is -2.90. The van der Waals surface area contributed by atoms with Crippen molar-refractivity contribution < 1.29 is 17.6 Å². The van der Waals surface area contributed by atoms with Gasteiger partial charge in [0, 0.05) is 35.1 Å². The number of rotatable bonds is 5. The topological polar surface area (TPSA) is 56.7 Å². The lowest BCUT2D eigenvalue weighted by Crippen LogP contribution is -2.01. The van der Waals surface area contributed by atoms with Crippen LogP contribution in [0.5, 0.6) is 0 Å². The van der Waals surface area contributed by atoms with E-state index in [0.717, 1.165) is 11.6 Å². The first-order valence-electron chi connectivity index (χ1n) is 8.18. The highest BCUT2D eigenvalue weighted by Gasteiger charge is 2.18. The zero-order valence-electron chi connectivity index (χ0n) is 14.2. The molecule has 0 spiro atoms. The third kappa shape index (κ3) is 3.77. The zero-order chi connectivity index (χ0) is 19.7. The lowest BCUT2D eigenvalue weighted by molar-refractivity contribution is 0.116. The lowest BCUT2D eigenvalue weighted by Gasteiger charge is -2.09. The Kier molecular flexibility index (Phi) is 4.87. The molecule has 2 aromatic heterocycles. The Bertz CT molecular complexity index is 1130. The summed E-state index contributed by atoms with van der Waals surface area (Å²) in [5.41, 5.74) is 1.58. The van der Waals surface area contributed by atoms with Crippen LogP contribution in [0.4, 0.5) is 13.2 Å². The fourth-order valence-electron chi connectivity index (χ4n) is 2.81. The van der Waals surface area contributed by atoms with Gasteiger partial charge >= 0.3 is 6.43 Å². The van der Waals surface area contributed by atoms with Crippen LogP contribution in [0.2, 0.25) is 5.02 Å². The average molecular weight is 405 g/mol. The molecule has 2 aromatic carbocycles. The van der Waals surface area contributed by atoms with Crippen LogP contribution >= 0.6 is 11.6 Å². The molecule has 0 unspecified atom stereocenters. The van der Waals surface area contributed by atoms with Crippen LogP contribution in [0.3, 0.4) is 0 Å². The van der Waals surface area contributed by atoms with E-state index in [9.17, 15) is 13.2 Å². The third-order valence-electron chi connectivity index (χ3n) is 3.99. The fraction of sp³-hybridized carbons (Fsp3) is 0.105. The molecule has 0 aliphatic heterocycles. The van der Waals surface area contributed by atoms with E-state index in [1.165, 1.54) is 6.07 Å². The second-order valence-corrected chi connectivity index (χ2v) is 6.42. The minimum Gasteiger partial charge on any atom is -0.415 e. The van der Waals surface area contributed by atoms with Gasteiger partial charge in [0.1, 0.15) is 11.6 Å². The number of aromatic nitrogens is 4.